The third kappa shape index (κ3) is 7.41. The first-order valence-electron chi connectivity index (χ1n) is 21.9. The first-order chi connectivity index (χ1) is 29.3. The summed E-state index contributed by atoms with van der Waals surface area (Å²) in [5, 5.41) is 2.43. The SMILES string of the molecule is Cc1ccc(C2CC(c3ccc(N(c4ccc(C)cc4)c4ccc(N(c5ccc(C)cc5)c5ccc(C6CC(c7ccc(C)cc7)C6)cc5)c5ccccc45)cc3)C2)cc1. The molecule has 2 nitrogen and oxygen atoms in total. The highest BCUT2D eigenvalue weighted by Crippen LogP contribution is 2.51. The van der Waals surface area contributed by atoms with Gasteiger partial charge in [0.15, 0.2) is 0 Å². The first kappa shape index (κ1) is 37.9. The normalized spacial score (nSPS) is 18.4. The fourth-order valence-electron chi connectivity index (χ4n) is 9.69. The Labute approximate surface area is 356 Å². The van der Waals surface area contributed by atoms with Crippen LogP contribution >= 0.6 is 0 Å². The molecule has 296 valence electrons. The maximum atomic E-state index is 2.44. The highest BCUT2D eigenvalue weighted by atomic mass is 15.2. The van der Waals surface area contributed by atoms with Gasteiger partial charge in [-0.3, -0.25) is 0 Å². The van der Waals surface area contributed by atoms with Crippen molar-refractivity contribution < 1.29 is 0 Å². The number of anilines is 6. The third-order valence-corrected chi connectivity index (χ3v) is 13.6. The van der Waals surface area contributed by atoms with Gasteiger partial charge in [0, 0.05) is 33.5 Å². The summed E-state index contributed by atoms with van der Waals surface area (Å²) in [5.41, 5.74) is 18.0. The Morgan fingerprint density at radius 2 is 0.517 bits per heavy atom. The average Bonchev–Trinajstić information content (AvgIpc) is 3.24. The first-order valence-corrected chi connectivity index (χ1v) is 21.9. The van der Waals surface area contributed by atoms with E-state index in [9.17, 15) is 0 Å². The van der Waals surface area contributed by atoms with Crippen LogP contribution in [0.1, 0.15) is 93.9 Å². The molecule has 0 N–H and O–H groups in total. The van der Waals surface area contributed by atoms with E-state index in [4.69, 9.17) is 0 Å². The van der Waals surface area contributed by atoms with Crippen LogP contribution < -0.4 is 9.80 Å². The number of rotatable bonds is 10. The molecule has 0 unspecified atom stereocenters. The molecule has 0 atom stereocenters. The van der Waals surface area contributed by atoms with Gasteiger partial charge in [0.1, 0.15) is 0 Å². The maximum Gasteiger partial charge on any atom is 0.0541 e. The molecular weight excluding hydrogens is 725 g/mol. The fraction of sp³-hybridized carbons (Fsp3) is 0.207. The van der Waals surface area contributed by atoms with E-state index in [1.54, 1.807) is 0 Å². The summed E-state index contributed by atoms with van der Waals surface area (Å²) in [7, 11) is 0. The van der Waals surface area contributed by atoms with Gasteiger partial charge in [-0.1, -0.05) is 144 Å². The Hall–Kier alpha value is -6.38. The average molecular weight is 779 g/mol. The second kappa shape index (κ2) is 16.0. The van der Waals surface area contributed by atoms with Crippen molar-refractivity contribution in [3.63, 3.8) is 0 Å². The zero-order valence-electron chi connectivity index (χ0n) is 35.4. The molecule has 8 aromatic rings. The number of benzene rings is 8. The highest BCUT2D eigenvalue weighted by molar-refractivity contribution is 6.07. The summed E-state index contributed by atoms with van der Waals surface area (Å²) < 4.78 is 0. The van der Waals surface area contributed by atoms with Crippen LogP contribution in [0.2, 0.25) is 0 Å². The molecule has 2 saturated carbocycles. The number of aryl methyl sites for hydroxylation is 4. The van der Waals surface area contributed by atoms with Crippen molar-refractivity contribution in [2.24, 2.45) is 0 Å². The largest absolute Gasteiger partial charge is 0.310 e. The minimum atomic E-state index is 0.601. The molecule has 0 bridgehead atoms. The van der Waals surface area contributed by atoms with Crippen molar-refractivity contribution >= 4 is 44.9 Å². The number of fused-ring (bicyclic) bond motifs is 1. The van der Waals surface area contributed by atoms with Crippen LogP contribution in [0.3, 0.4) is 0 Å². The maximum absolute atomic E-state index is 2.44. The van der Waals surface area contributed by atoms with Gasteiger partial charge in [0.2, 0.25) is 0 Å². The molecular formula is C58H54N2. The van der Waals surface area contributed by atoms with Crippen LogP contribution in [0.4, 0.5) is 34.1 Å². The van der Waals surface area contributed by atoms with Crippen molar-refractivity contribution in [3.8, 4) is 0 Å². The van der Waals surface area contributed by atoms with Gasteiger partial charge in [-0.05, 0) is 160 Å². The Bertz CT molecular complexity index is 2520. The zero-order chi connectivity index (χ0) is 40.7. The van der Waals surface area contributed by atoms with Gasteiger partial charge < -0.3 is 9.80 Å². The number of hydrogen-bond donors (Lipinski definition) is 0. The molecule has 2 aliphatic carbocycles. The third-order valence-electron chi connectivity index (χ3n) is 13.6. The Morgan fingerprint density at radius 1 is 0.283 bits per heavy atom. The van der Waals surface area contributed by atoms with Crippen LogP contribution in [0, 0.1) is 27.7 Å². The van der Waals surface area contributed by atoms with E-state index >= 15 is 0 Å². The predicted octanol–water partition coefficient (Wildman–Crippen LogP) is 16.3. The van der Waals surface area contributed by atoms with Crippen LogP contribution in [-0.4, -0.2) is 0 Å². The van der Waals surface area contributed by atoms with Crippen molar-refractivity contribution in [2.75, 3.05) is 9.80 Å². The molecule has 0 amide bonds. The van der Waals surface area contributed by atoms with Gasteiger partial charge >= 0.3 is 0 Å². The molecule has 0 heterocycles. The predicted molar refractivity (Wildman–Crippen MR) is 255 cm³/mol. The van der Waals surface area contributed by atoms with Crippen molar-refractivity contribution in [1.82, 2.24) is 0 Å². The molecule has 2 fully saturated rings. The molecule has 60 heavy (non-hydrogen) atoms. The van der Waals surface area contributed by atoms with E-state index in [0.717, 1.165) is 11.4 Å². The lowest BCUT2D eigenvalue weighted by atomic mass is 9.68. The molecule has 0 spiro atoms. The van der Waals surface area contributed by atoms with Gasteiger partial charge in [-0.15, -0.1) is 0 Å². The molecule has 0 saturated heterocycles. The summed E-state index contributed by atoms with van der Waals surface area (Å²) in [6.07, 6.45) is 4.85. The smallest absolute Gasteiger partial charge is 0.0541 e. The molecule has 0 aromatic heterocycles. The topological polar surface area (TPSA) is 6.48 Å². The van der Waals surface area contributed by atoms with Crippen molar-refractivity contribution in [1.29, 1.82) is 0 Å². The van der Waals surface area contributed by atoms with Crippen LogP contribution in [0.25, 0.3) is 10.8 Å². The van der Waals surface area contributed by atoms with Crippen LogP contribution in [0.5, 0.6) is 0 Å². The van der Waals surface area contributed by atoms with E-state index in [1.165, 1.54) is 104 Å². The zero-order valence-corrected chi connectivity index (χ0v) is 35.4. The van der Waals surface area contributed by atoms with Crippen LogP contribution in [0.15, 0.2) is 182 Å². The minimum Gasteiger partial charge on any atom is -0.310 e. The Morgan fingerprint density at radius 3 is 0.800 bits per heavy atom. The summed E-state index contributed by atoms with van der Waals surface area (Å²) in [6, 6.07) is 68.7. The standard InChI is InChI=1S/C58H54N2/c1-39-9-17-43(18-10-39)47-35-49(36-47)45-21-29-53(30-22-45)59(51-25-13-41(3)14-26-51)57-33-34-58(56-8-6-5-7-55(56)57)60(52-27-15-42(4)16-28-52)54-31-23-46(24-32-54)50-37-48(38-50)44-19-11-40(2)12-20-44/h5-34,47-50H,35-38H2,1-4H3. The molecule has 8 aromatic carbocycles. The number of hydrogen-bond acceptors (Lipinski definition) is 2. The Balaban J connectivity index is 0.984. The van der Waals surface area contributed by atoms with Crippen LogP contribution in [-0.2, 0) is 0 Å². The van der Waals surface area contributed by atoms with Crippen molar-refractivity contribution in [2.45, 2.75) is 77.0 Å². The van der Waals surface area contributed by atoms with E-state index in [1.807, 2.05) is 0 Å². The summed E-state index contributed by atoms with van der Waals surface area (Å²) in [6.45, 7) is 8.66. The second-order valence-electron chi connectivity index (χ2n) is 17.7. The monoisotopic (exact) mass is 778 g/mol. The van der Waals surface area contributed by atoms with Gasteiger partial charge in [-0.25, -0.2) is 0 Å². The van der Waals surface area contributed by atoms with Gasteiger partial charge in [0.05, 0.1) is 11.4 Å². The molecule has 0 radical (unpaired) electrons. The van der Waals surface area contributed by atoms with E-state index in [0.29, 0.717) is 23.7 Å². The lowest BCUT2D eigenvalue weighted by Gasteiger charge is -2.37. The van der Waals surface area contributed by atoms with Gasteiger partial charge in [0.25, 0.3) is 0 Å². The van der Waals surface area contributed by atoms with Gasteiger partial charge in [-0.2, -0.15) is 0 Å². The lowest BCUT2D eigenvalue weighted by Crippen LogP contribution is -2.20. The quantitative estimate of drug-likeness (QED) is 0.136. The summed E-state index contributed by atoms with van der Waals surface area (Å²) in [4.78, 5) is 4.89. The second-order valence-corrected chi connectivity index (χ2v) is 17.7. The highest BCUT2D eigenvalue weighted by Gasteiger charge is 2.33. The molecule has 0 aliphatic heterocycles. The van der Waals surface area contributed by atoms with E-state index in [-0.39, 0.29) is 0 Å². The lowest BCUT2D eigenvalue weighted by molar-refractivity contribution is 0.351. The number of nitrogens with zero attached hydrogens (tertiary/aromatic N) is 2. The van der Waals surface area contributed by atoms with E-state index in [2.05, 4.69) is 219 Å². The Kier molecular flexibility index (Phi) is 10.1. The summed E-state index contributed by atoms with van der Waals surface area (Å²) in [5.74, 6) is 2.51. The molecule has 10 rings (SSSR count). The van der Waals surface area contributed by atoms with Crippen molar-refractivity contribution in [3.05, 3.63) is 226 Å². The molecule has 2 heteroatoms. The fourth-order valence-corrected chi connectivity index (χ4v) is 9.69. The summed E-state index contributed by atoms with van der Waals surface area (Å²) >= 11 is 0. The minimum absolute atomic E-state index is 0.601. The molecule has 2 aliphatic rings. The van der Waals surface area contributed by atoms with E-state index < -0.39 is 0 Å².